The van der Waals surface area contributed by atoms with Gasteiger partial charge in [-0.2, -0.15) is 0 Å². The summed E-state index contributed by atoms with van der Waals surface area (Å²) in [5.41, 5.74) is 0. The first-order valence-corrected chi connectivity index (χ1v) is 6.31. The molecular formula is C12H18N2O4. The van der Waals surface area contributed by atoms with E-state index >= 15 is 0 Å². The van der Waals surface area contributed by atoms with Gasteiger partial charge in [0.1, 0.15) is 6.04 Å². The quantitative estimate of drug-likeness (QED) is 0.732. The molecular weight excluding hydrogens is 236 g/mol. The van der Waals surface area contributed by atoms with Crippen LogP contribution in [0.15, 0.2) is 0 Å². The number of hydrogen-bond acceptors (Lipinski definition) is 3. The summed E-state index contributed by atoms with van der Waals surface area (Å²) >= 11 is 0. The average Bonchev–Trinajstić information content (AvgIpc) is 3.17. The van der Waals surface area contributed by atoms with Crippen LogP contribution in [0.5, 0.6) is 0 Å². The Morgan fingerprint density at radius 2 is 1.94 bits per heavy atom. The second-order valence-corrected chi connectivity index (χ2v) is 4.94. The average molecular weight is 254 g/mol. The lowest BCUT2D eigenvalue weighted by atomic mass is 10.0. The van der Waals surface area contributed by atoms with Gasteiger partial charge < -0.3 is 15.3 Å². The van der Waals surface area contributed by atoms with Gasteiger partial charge in [-0.3, -0.25) is 14.4 Å². The Morgan fingerprint density at radius 3 is 2.50 bits per heavy atom. The lowest BCUT2D eigenvalue weighted by Gasteiger charge is -2.34. The maximum absolute atomic E-state index is 12.2. The Bertz CT molecular complexity index is 382. The first-order chi connectivity index (χ1) is 8.56. The number of amides is 2. The molecule has 0 spiro atoms. The zero-order valence-electron chi connectivity index (χ0n) is 10.4. The summed E-state index contributed by atoms with van der Waals surface area (Å²) in [5.74, 6) is -2.22. The van der Waals surface area contributed by atoms with Crippen LogP contribution in [0.4, 0.5) is 0 Å². The van der Waals surface area contributed by atoms with Crippen molar-refractivity contribution in [2.24, 2.45) is 11.8 Å². The summed E-state index contributed by atoms with van der Waals surface area (Å²) in [6.45, 7) is 0.555. The van der Waals surface area contributed by atoms with E-state index in [0.29, 0.717) is 19.4 Å². The normalized spacial score (nSPS) is 30.7. The van der Waals surface area contributed by atoms with Crippen LogP contribution in [0.25, 0.3) is 0 Å². The fourth-order valence-electron chi connectivity index (χ4n) is 2.59. The van der Waals surface area contributed by atoms with E-state index in [9.17, 15) is 14.4 Å². The van der Waals surface area contributed by atoms with Crippen LogP contribution >= 0.6 is 0 Å². The Kier molecular flexibility index (Phi) is 3.54. The molecule has 1 aliphatic carbocycles. The molecule has 3 unspecified atom stereocenters. The molecule has 1 aliphatic heterocycles. The molecule has 6 nitrogen and oxygen atoms in total. The van der Waals surface area contributed by atoms with Crippen LogP contribution in [0.3, 0.4) is 0 Å². The number of likely N-dealkylation sites (tertiary alicyclic amines) is 1. The van der Waals surface area contributed by atoms with Crippen LogP contribution in [0, 0.1) is 11.8 Å². The van der Waals surface area contributed by atoms with Crippen molar-refractivity contribution >= 4 is 17.8 Å². The van der Waals surface area contributed by atoms with Crippen LogP contribution in [0.1, 0.15) is 25.7 Å². The number of carboxylic acid groups (broad SMARTS) is 1. The van der Waals surface area contributed by atoms with Gasteiger partial charge in [-0.25, -0.2) is 0 Å². The number of piperidine rings is 1. The fourth-order valence-corrected chi connectivity index (χ4v) is 2.59. The third-order valence-electron chi connectivity index (χ3n) is 3.76. The van der Waals surface area contributed by atoms with Crippen LogP contribution in [0.2, 0.25) is 0 Å². The van der Waals surface area contributed by atoms with Gasteiger partial charge in [0, 0.05) is 13.6 Å². The minimum atomic E-state index is -0.915. The van der Waals surface area contributed by atoms with Gasteiger partial charge in [0.15, 0.2) is 0 Å². The Balaban J connectivity index is 2.03. The van der Waals surface area contributed by atoms with E-state index in [-0.39, 0.29) is 11.8 Å². The van der Waals surface area contributed by atoms with Crippen LogP contribution in [-0.4, -0.2) is 47.4 Å². The Hall–Kier alpha value is -1.59. The highest BCUT2D eigenvalue weighted by atomic mass is 16.4. The molecule has 0 bridgehead atoms. The van der Waals surface area contributed by atoms with E-state index in [4.69, 9.17) is 5.11 Å². The largest absolute Gasteiger partial charge is 0.481 e. The monoisotopic (exact) mass is 254 g/mol. The highest BCUT2D eigenvalue weighted by Crippen LogP contribution is 2.41. The minimum Gasteiger partial charge on any atom is -0.481 e. The van der Waals surface area contributed by atoms with Gasteiger partial charge in [0.2, 0.25) is 11.8 Å². The molecule has 1 heterocycles. The van der Waals surface area contributed by atoms with E-state index in [2.05, 4.69) is 5.32 Å². The van der Waals surface area contributed by atoms with E-state index < -0.39 is 23.8 Å². The second-order valence-electron chi connectivity index (χ2n) is 4.94. The number of likely N-dealkylation sites (N-methyl/N-ethyl adjacent to an activating group) is 1. The molecule has 2 rings (SSSR count). The van der Waals surface area contributed by atoms with E-state index in [1.54, 1.807) is 11.9 Å². The van der Waals surface area contributed by atoms with Crippen LogP contribution in [-0.2, 0) is 14.4 Å². The molecule has 0 aromatic heterocycles. The highest BCUT2D eigenvalue weighted by Gasteiger charge is 2.51. The molecule has 1 saturated heterocycles. The van der Waals surface area contributed by atoms with Crippen molar-refractivity contribution < 1.29 is 19.5 Å². The van der Waals surface area contributed by atoms with Gasteiger partial charge in [-0.05, 0) is 25.7 Å². The van der Waals surface area contributed by atoms with Gasteiger partial charge in [0.05, 0.1) is 11.8 Å². The van der Waals surface area contributed by atoms with Crippen LogP contribution < -0.4 is 5.32 Å². The summed E-state index contributed by atoms with van der Waals surface area (Å²) in [6, 6.07) is -0.425. The zero-order chi connectivity index (χ0) is 13.3. The summed E-state index contributed by atoms with van der Waals surface area (Å²) in [6.07, 6.45) is 2.87. The standard InChI is InChI=1S/C12H18N2O4/c1-13-10(15)9-4-2-3-5-14(9)11(16)7-6-8(7)12(17)18/h7-9H,2-6H2,1H3,(H,13,15)(H,17,18). The Morgan fingerprint density at radius 1 is 1.22 bits per heavy atom. The fraction of sp³-hybridized carbons (Fsp3) is 0.750. The van der Waals surface area contributed by atoms with E-state index in [0.717, 1.165) is 12.8 Å². The third-order valence-corrected chi connectivity index (χ3v) is 3.76. The molecule has 3 atom stereocenters. The van der Waals surface area contributed by atoms with Crippen molar-refractivity contribution in [3.05, 3.63) is 0 Å². The predicted octanol–water partition coefficient (Wildman–Crippen LogP) is -0.166. The van der Waals surface area contributed by atoms with Gasteiger partial charge in [-0.15, -0.1) is 0 Å². The number of rotatable bonds is 3. The zero-order valence-corrected chi connectivity index (χ0v) is 10.4. The molecule has 0 radical (unpaired) electrons. The molecule has 2 fully saturated rings. The SMILES string of the molecule is CNC(=O)C1CCCCN1C(=O)C1CC1C(=O)O. The topological polar surface area (TPSA) is 86.7 Å². The first kappa shape index (κ1) is 12.9. The van der Waals surface area contributed by atoms with E-state index in [1.165, 1.54) is 0 Å². The maximum Gasteiger partial charge on any atom is 0.307 e. The lowest BCUT2D eigenvalue weighted by Crippen LogP contribution is -2.52. The summed E-state index contributed by atoms with van der Waals surface area (Å²) < 4.78 is 0. The van der Waals surface area contributed by atoms with Gasteiger partial charge in [0.25, 0.3) is 0 Å². The third kappa shape index (κ3) is 2.32. The van der Waals surface area contributed by atoms with Crippen molar-refractivity contribution in [3.63, 3.8) is 0 Å². The first-order valence-electron chi connectivity index (χ1n) is 6.31. The Labute approximate surface area is 105 Å². The van der Waals surface area contributed by atoms with Crippen molar-refractivity contribution in [3.8, 4) is 0 Å². The molecule has 100 valence electrons. The smallest absolute Gasteiger partial charge is 0.307 e. The van der Waals surface area contributed by atoms with Gasteiger partial charge in [-0.1, -0.05) is 0 Å². The molecule has 2 amide bonds. The number of aliphatic carboxylic acids is 1. The molecule has 0 aromatic carbocycles. The molecule has 18 heavy (non-hydrogen) atoms. The van der Waals surface area contributed by atoms with Crippen molar-refractivity contribution in [2.75, 3.05) is 13.6 Å². The predicted molar refractivity (Wildman–Crippen MR) is 62.7 cm³/mol. The van der Waals surface area contributed by atoms with Crippen molar-refractivity contribution in [1.29, 1.82) is 0 Å². The highest BCUT2D eigenvalue weighted by molar-refractivity contribution is 5.93. The molecule has 2 aliphatic rings. The van der Waals surface area contributed by atoms with Crippen molar-refractivity contribution in [2.45, 2.75) is 31.7 Å². The maximum atomic E-state index is 12.2. The summed E-state index contributed by atoms with van der Waals surface area (Å²) in [5, 5.41) is 11.4. The number of carbonyl (C=O) groups is 3. The molecule has 1 saturated carbocycles. The number of nitrogens with zero attached hydrogens (tertiary/aromatic N) is 1. The minimum absolute atomic E-state index is 0.157. The molecule has 0 aromatic rings. The number of nitrogens with one attached hydrogen (secondary N) is 1. The van der Waals surface area contributed by atoms with E-state index in [1.807, 2.05) is 0 Å². The number of carboxylic acids is 1. The molecule has 2 N–H and O–H groups in total. The number of carbonyl (C=O) groups excluding carboxylic acids is 2. The van der Waals surface area contributed by atoms with Gasteiger partial charge >= 0.3 is 5.97 Å². The summed E-state index contributed by atoms with van der Waals surface area (Å²) in [4.78, 5) is 36.3. The lowest BCUT2D eigenvalue weighted by molar-refractivity contribution is -0.145. The molecule has 6 heteroatoms. The number of hydrogen-bond donors (Lipinski definition) is 2. The van der Waals surface area contributed by atoms with Crippen molar-refractivity contribution in [1.82, 2.24) is 10.2 Å². The summed E-state index contributed by atoms with van der Waals surface area (Å²) in [7, 11) is 1.55. The second kappa shape index (κ2) is 4.96.